The number of nitrogens with zero attached hydrogens (tertiary/aromatic N) is 3. The third-order valence-corrected chi connectivity index (χ3v) is 6.87. The van der Waals surface area contributed by atoms with Crippen molar-refractivity contribution in [3.8, 4) is 0 Å². The molecule has 2 fully saturated rings. The van der Waals surface area contributed by atoms with Crippen molar-refractivity contribution < 1.29 is 8.42 Å². The number of halogens is 1. The highest BCUT2D eigenvalue weighted by atomic mass is 35.5. The van der Waals surface area contributed by atoms with Gasteiger partial charge in [0.15, 0.2) is 0 Å². The lowest BCUT2D eigenvalue weighted by Crippen LogP contribution is -2.47. The minimum absolute atomic E-state index is 0.470. The second-order valence-corrected chi connectivity index (χ2v) is 8.22. The first-order valence-corrected chi connectivity index (χ1v) is 9.47. The summed E-state index contributed by atoms with van der Waals surface area (Å²) in [6, 6.07) is 0. The van der Waals surface area contributed by atoms with E-state index < -0.39 is 10.2 Å². The van der Waals surface area contributed by atoms with Gasteiger partial charge in [-0.1, -0.05) is 0 Å². The van der Waals surface area contributed by atoms with Crippen LogP contribution in [0.15, 0.2) is 0 Å². The van der Waals surface area contributed by atoms with Crippen molar-refractivity contribution in [2.75, 3.05) is 52.2 Å². The molecule has 0 unspecified atom stereocenters. The van der Waals surface area contributed by atoms with Crippen molar-refractivity contribution in [3.63, 3.8) is 0 Å². The maximum absolute atomic E-state index is 12.5. The molecule has 2 rings (SSSR count). The molecule has 0 atom stereocenters. The number of likely N-dealkylation sites (N-methyl/N-ethyl adjacent to an activating group) is 1. The van der Waals surface area contributed by atoms with Crippen molar-refractivity contribution in [2.45, 2.75) is 25.7 Å². The average molecular weight is 324 g/mol. The van der Waals surface area contributed by atoms with Crippen LogP contribution in [0.4, 0.5) is 0 Å². The topological polar surface area (TPSA) is 43.9 Å². The molecule has 2 aliphatic heterocycles. The van der Waals surface area contributed by atoms with Gasteiger partial charge in [-0.2, -0.15) is 17.0 Å². The molecule has 0 aromatic carbocycles. The minimum atomic E-state index is -3.29. The summed E-state index contributed by atoms with van der Waals surface area (Å²) in [4.78, 5) is 2.34. The Balaban J connectivity index is 1.82. The Kier molecular flexibility index (Phi) is 6.10. The van der Waals surface area contributed by atoms with E-state index in [4.69, 9.17) is 11.6 Å². The van der Waals surface area contributed by atoms with Gasteiger partial charge in [0, 0.05) is 39.1 Å². The summed E-state index contributed by atoms with van der Waals surface area (Å²) in [5, 5.41) is 0. The zero-order valence-electron chi connectivity index (χ0n) is 12.3. The molecule has 2 heterocycles. The van der Waals surface area contributed by atoms with Crippen LogP contribution in [0, 0.1) is 5.92 Å². The lowest BCUT2D eigenvalue weighted by molar-refractivity contribution is 0.261. The second-order valence-electron chi connectivity index (χ2n) is 5.87. The first-order valence-electron chi connectivity index (χ1n) is 7.54. The van der Waals surface area contributed by atoms with Gasteiger partial charge in [-0.15, -0.1) is 11.6 Å². The maximum Gasteiger partial charge on any atom is 0.281 e. The van der Waals surface area contributed by atoms with Crippen molar-refractivity contribution in [3.05, 3.63) is 0 Å². The quantitative estimate of drug-likeness (QED) is 0.690. The van der Waals surface area contributed by atoms with Crippen LogP contribution in [-0.4, -0.2) is 74.1 Å². The van der Waals surface area contributed by atoms with Crippen LogP contribution in [0.2, 0.25) is 0 Å². The molecule has 0 aromatic rings. The Labute approximate surface area is 128 Å². The predicted octanol–water partition coefficient (Wildman–Crippen LogP) is 1.21. The first kappa shape index (κ1) is 16.5. The van der Waals surface area contributed by atoms with Crippen LogP contribution >= 0.6 is 11.6 Å². The van der Waals surface area contributed by atoms with E-state index in [0.29, 0.717) is 31.4 Å². The highest BCUT2D eigenvalue weighted by Gasteiger charge is 2.30. The van der Waals surface area contributed by atoms with Crippen LogP contribution < -0.4 is 0 Å². The number of likely N-dealkylation sites (tertiary alicyclic amines) is 1. The van der Waals surface area contributed by atoms with Crippen LogP contribution in [0.25, 0.3) is 0 Å². The average Bonchev–Trinajstić information content (AvgIpc) is 2.98. The summed E-state index contributed by atoms with van der Waals surface area (Å²) in [7, 11) is -1.59. The first-order chi connectivity index (χ1) is 9.54. The molecular weight excluding hydrogens is 298 g/mol. The van der Waals surface area contributed by atoms with Gasteiger partial charge < -0.3 is 4.90 Å². The van der Waals surface area contributed by atoms with Crippen LogP contribution in [0.3, 0.4) is 0 Å². The number of rotatable bonds is 6. The molecule has 2 aliphatic rings. The molecule has 118 valence electrons. The van der Waals surface area contributed by atoms with E-state index in [1.165, 1.54) is 17.1 Å². The third kappa shape index (κ3) is 4.07. The van der Waals surface area contributed by atoms with Crippen molar-refractivity contribution in [1.29, 1.82) is 0 Å². The van der Waals surface area contributed by atoms with Gasteiger partial charge >= 0.3 is 0 Å². The predicted molar refractivity (Wildman–Crippen MR) is 82.2 cm³/mol. The maximum atomic E-state index is 12.5. The molecule has 20 heavy (non-hydrogen) atoms. The largest absolute Gasteiger partial charge is 0.302 e. The highest BCUT2D eigenvalue weighted by molar-refractivity contribution is 7.86. The molecule has 0 aliphatic carbocycles. The summed E-state index contributed by atoms with van der Waals surface area (Å²) in [6.07, 6.45) is 4.23. The standard InChI is InChI=1S/C13H26ClN3O2S/c1-15(10-11-16-6-2-3-7-16)20(18,19)17-8-4-13(12-14)5-9-17/h13H,2-12H2,1H3. The SMILES string of the molecule is CN(CCN1CCCC1)S(=O)(=O)N1CCC(CCl)CC1. The number of hydrogen-bond donors (Lipinski definition) is 0. The van der Waals surface area contributed by atoms with Gasteiger partial charge in [0.25, 0.3) is 10.2 Å². The van der Waals surface area contributed by atoms with Crippen molar-refractivity contribution in [2.24, 2.45) is 5.92 Å². The Morgan fingerprint density at radius 3 is 2.30 bits per heavy atom. The number of hydrogen-bond acceptors (Lipinski definition) is 3. The molecule has 0 bridgehead atoms. The lowest BCUT2D eigenvalue weighted by atomic mass is 10.0. The highest BCUT2D eigenvalue weighted by Crippen LogP contribution is 2.21. The van der Waals surface area contributed by atoms with Crippen LogP contribution in [0.5, 0.6) is 0 Å². The van der Waals surface area contributed by atoms with Gasteiger partial charge in [-0.25, -0.2) is 0 Å². The summed E-state index contributed by atoms with van der Waals surface area (Å²) < 4.78 is 28.1. The molecule has 0 N–H and O–H groups in total. The summed E-state index contributed by atoms with van der Waals surface area (Å²) >= 11 is 5.84. The summed E-state index contributed by atoms with van der Waals surface area (Å²) in [5.41, 5.74) is 0. The fraction of sp³-hybridized carbons (Fsp3) is 1.00. The lowest BCUT2D eigenvalue weighted by Gasteiger charge is -2.33. The zero-order valence-corrected chi connectivity index (χ0v) is 13.9. The van der Waals surface area contributed by atoms with E-state index >= 15 is 0 Å². The third-order valence-electron chi connectivity index (χ3n) is 4.44. The molecular formula is C13H26ClN3O2S. The Morgan fingerprint density at radius 1 is 1.15 bits per heavy atom. The monoisotopic (exact) mass is 323 g/mol. The molecule has 0 aromatic heterocycles. The van der Waals surface area contributed by atoms with E-state index in [1.54, 1.807) is 11.4 Å². The van der Waals surface area contributed by atoms with Gasteiger partial charge in [-0.05, 0) is 44.7 Å². The molecule has 0 spiro atoms. The second kappa shape index (κ2) is 7.40. The van der Waals surface area contributed by atoms with E-state index in [-0.39, 0.29) is 0 Å². The molecule has 5 nitrogen and oxygen atoms in total. The van der Waals surface area contributed by atoms with Crippen LogP contribution in [-0.2, 0) is 10.2 Å². The molecule has 0 saturated carbocycles. The van der Waals surface area contributed by atoms with E-state index in [0.717, 1.165) is 32.5 Å². The van der Waals surface area contributed by atoms with Gasteiger partial charge in [-0.3, -0.25) is 0 Å². The summed E-state index contributed by atoms with van der Waals surface area (Å²) in [5.74, 6) is 1.11. The molecule has 2 saturated heterocycles. The van der Waals surface area contributed by atoms with Crippen LogP contribution in [0.1, 0.15) is 25.7 Å². The minimum Gasteiger partial charge on any atom is -0.302 e. The Bertz CT molecular complexity index is 390. The molecule has 0 radical (unpaired) electrons. The Morgan fingerprint density at radius 2 is 1.75 bits per heavy atom. The fourth-order valence-corrected chi connectivity index (χ4v) is 4.58. The Hall–Kier alpha value is 0.120. The van der Waals surface area contributed by atoms with Gasteiger partial charge in [0.2, 0.25) is 0 Å². The van der Waals surface area contributed by atoms with Gasteiger partial charge in [0.05, 0.1) is 0 Å². The molecule has 7 heteroatoms. The summed E-state index contributed by atoms with van der Waals surface area (Å²) in [6.45, 7) is 4.84. The van der Waals surface area contributed by atoms with E-state index in [1.807, 2.05) is 0 Å². The normalized spacial score (nSPS) is 23.8. The molecule has 0 amide bonds. The smallest absolute Gasteiger partial charge is 0.281 e. The van der Waals surface area contributed by atoms with E-state index in [2.05, 4.69) is 4.90 Å². The zero-order chi connectivity index (χ0) is 14.6. The number of piperidine rings is 1. The van der Waals surface area contributed by atoms with Crippen molar-refractivity contribution in [1.82, 2.24) is 13.5 Å². The van der Waals surface area contributed by atoms with E-state index in [9.17, 15) is 8.42 Å². The van der Waals surface area contributed by atoms with Crippen molar-refractivity contribution >= 4 is 21.8 Å². The number of alkyl halides is 1. The fourth-order valence-electron chi connectivity index (χ4n) is 2.90. The van der Waals surface area contributed by atoms with Gasteiger partial charge in [0.1, 0.15) is 0 Å².